The summed E-state index contributed by atoms with van der Waals surface area (Å²) in [5.74, 6) is 0. The quantitative estimate of drug-likeness (QED) is 0.302. The molecule has 0 heterocycles. The van der Waals surface area contributed by atoms with Crippen LogP contribution in [-0.4, -0.2) is 36.6 Å². The van der Waals surface area contributed by atoms with Crippen LogP contribution in [0.25, 0.3) is 0 Å². The maximum atomic E-state index is 8.09. The van der Waals surface area contributed by atoms with Gasteiger partial charge in [0.1, 0.15) is 0 Å². The van der Waals surface area contributed by atoms with Crippen LogP contribution in [-0.2, 0) is 4.74 Å². The van der Waals surface area contributed by atoms with Gasteiger partial charge in [0.25, 0.3) is 0 Å². The number of rotatable bonds is 4. The van der Waals surface area contributed by atoms with Gasteiger partial charge >= 0.3 is 29.6 Å². The molecule has 3 nitrogen and oxygen atoms in total. The second kappa shape index (κ2) is 10.8. The summed E-state index contributed by atoms with van der Waals surface area (Å²) in [6.07, 6.45) is 0. The molecule has 0 aliphatic carbocycles. The van der Waals surface area contributed by atoms with Crippen LogP contribution in [0.15, 0.2) is 0 Å². The summed E-state index contributed by atoms with van der Waals surface area (Å²) in [4.78, 5) is 0. The number of aliphatic hydroxyl groups excluding tert-OH is 2. The molecule has 0 saturated carbocycles. The van der Waals surface area contributed by atoms with Gasteiger partial charge in [-0.3, -0.25) is 0 Å². The molecule has 0 saturated heterocycles. The van der Waals surface area contributed by atoms with Crippen molar-refractivity contribution in [1.82, 2.24) is 0 Å². The molecule has 0 rings (SSSR count). The van der Waals surface area contributed by atoms with Crippen molar-refractivity contribution in [1.29, 1.82) is 0 Å². The van der Waals surface area contributed by atoms with Crippen LogP contribution in [0.3, 0.4) is 0 Å². The Morgan fingerprint density at radius 2 is 1.50 bits per heavy atom. The fraction of sp³-hybridized carbons (Fsp3) is 1.00. The number of hydrogen-bond donors (Lipinski definition) is 2. The second-order valence-corrected chi connectivity index (χ2v) is 1.06. The predicted molar refractivity (Wildman–Crippen MR) is 26.1 cm³/mol. The van der Waals surface area contributed by atoms with Crippen molar-refractivity contribution in [2.45, 2.75) is 0 Å². The number of aliphatic hydroxyl groups is 2. The molecule has 2 N–H and O–H groups in total. The van der Waals surface area contributed by atoms with Gasteiger partial charge in [-0.25, -0.2) is 0 Å². The zero-order valence-corrected chi connectivity index (χ0v) is 7.13. The molecule has 0 aliphatic rings. The third kappa shape index (κ3) is 9.99. The first-order chi connectivity index (χ1) is 3.41. The molecule has 0 atom stereocenters. The minimum Gasteiger partial charge on any atom is -1.00 e. The summed E-state index contributed by atoms with van der Waals surface area (Å²) in [7, 11) is 0. The fourth-order valence-corrected chi connectivity index (χ4v) is 0.231. The van der Waals surface area contributed by atoms with Gasteiger partial charge in [-0.15, -0.1) is 0 Å². The Morgan fingerprint density at radius 1 is 1.12 bits per heavy atom. The topological polar surface area (TPSA) is 49.7 Å². The molecule has 0 amide bonds. The van der Waals surface area contributed by atoms with E-state index in [2.05, 4.69) is 4.74 Å². The van der Waals surface area contributed by atoms with Gasteiger partial charge in [0.15, 0.2) is 0 Å². The van der Waals surface area contributed by atoms with E-state index in [1.165, 1.54) is 0 Å². The summed E-state index contributed by atoms with van der Waals surface area (Å²) < 4.78 is 4.63. The van der Waals surface area contributed by atoms with Gasteiger partial charge in [0.05, 0.1) is 26.4 Å². The molecule has 4 heteroatoms. The maximum Gasteiger partial charge on any atom is 1.00 e. The first kappa shape index (κ1) is 11.6. The summed E-state index contributed by atoms with van der Waals surface area (Å²) in [5.41, 5.74) is 0. The molecule has 8 heavy (non-hydrogen) atoms. The predicted octanol–water partition coefficient (Wildman–Crippen LogP) is -3.90. The van der Waals surface area contributed by atoms with Crippen molar-refractivity contribution in [3.05, 3.63) is 0 Å². The van der Waals surface area contributed by atoms with Gasteiger partial charge in [0.2, 0.25) is 0 Å². The Kier molecular flexibility index (Phi) is 15.7. The normalized spacial score (nSPS) is 8.25. The molecule has 0 unspecified atom stereocenters. The molecule has 46 valence electrons. The van der Waals surface area contributed by atoms with Crippen molar-refractivity contribution in [3.63, 3.8) is 0 Å². The van der Waals surface area contributed by atoms with E-state index in [0.717, 1.165) is 0 Å². The van der Waals surface area contributed by atoms with E-state index in [9.17, 15) is 0 Å². The van der Waals surface area contributed by atoms with Crippen molar-refractivity contribution >= 4 is 0 Å². The third-order valence-corrected chi connectivity index (χ3v) is 0.471. The number of ether oxygens (including phenoxy) is 1. The molecular weight excluding hydrogens is 119 g/mol. The zero-order chi connectivity index (χ0) is 5.54. The van der Waals surface area contributed by atoms with E-state index in [0.29, 0.717) is 13.2 Å². The summed E-state index contributed by atoms with van der Waals surface area (Å²) >= 11 is 0. The standard InChI is InChI=1S/C4H10O3.Na.H/c5-1-3-7-4-2-6;;/h5-6H,1-4H2;;/q;+1;-1. The van der Waals surface area contributed by atoms with Crippen LogP contribution in [0.1, 0.15) is 1.43 Å². The SMILES string of the molecule is OCCOCCO.[H-].[Na+]. The molecule has 0 aromatic rings. The molecule has 0 radical (unpaired) electrons. The van der Waals surface area contributed by atoms with Crippen LogP contribution in [0.2, 0.25) is 0 Å². The van der Waals surface area contributed by atoms with Gasteiger partial charge in [0, 0.05) is 0 Å². The Balaban J connectivity index is -0.000000180. The van der Waals surface area contributed by atoms with Crippen molar-refractivity contribution in [2.24, 2.45) is 0 Å². The minimum absolute atomic E-state index is 0. The van der Waals surface area contributed by atoms with E-state index in [1.807, 2.05) is 0 Å². The average molecular weight is 130 g/mol. The van der Waals surface area contributed by atoms with Crippen molar-refractivity contribution in [2.75, 3.05) is 26.4 Å². The fourth-order valence-electron chi connectivity index (χ4n) is 0.231. The largest absolute Gasteiger partial charge is 1.00 e. The maximum absolute atomic E-state index is 8.09. The Hall–Kier alpha value is 0.880. The van der Waals surface area contributed by atoms with Crippen LogP contribution < -0.4 is 29.6 Å². The number of hydrogen-bond acceptors (Lipinski definition) is 3. The van der Waals surface area contributed by atoms with Crippen molar-refractivity contribution in [3.8, 4) is 0 Å². The van der Waals surface area contributed by atoms with Gasteiger partial charge in [-0.1, -0.05) is 0 Å². The van der Waals surface area contributed by atoms with Gasteiger partial charge in [-0.2, -0.15) is 0 Å². The molecule has 0 spiro atoms. The summed E-state index contributed by atoms with van der Waals surface area (Å²) in [5, 5.41) is 16.2. The first-order valence-electron chi connectivity index (χ1n) is 2.21. The third-order valence-electron chi connectivity index (χ3n) is 0.471. The zero-order valence-electron chi connectivity index (χ0n) is 6.13. The average Bonchev–Trinajstić information content (AvgIpc) is 1.69. The first-order valence-corrected chi connectivity index (χ1v) is 2.21. The van der Waals surface area contributed by atoms with Gasteiger partial charge < -0.3 is 16.4 Å². The van der Waals surface area contributed by atoms with E-state index < -0.39 is 0 Å². The molecule has 0 fully saturated rings. The Labute approximate surface area is 72.4 Å². The summed E-state index contributed by atoms with van der Waals surface area (Å²) in [6.45, 7) is 0.696. The molecule has 0 aliphatic heterocycles. The monoisotopic (exact) mass is 130 g/mol. The minimum atomic E-state index is 0. The molecule has 0 aromatic carbocycles. The van der Waals surface area contributed by atoms with Crippen LogP contribution in [0.4, 0.5) is 0 Å². The van der Waals surface area contributed by atoms with E-state index in [-0.39, 0.29) is 44.2 Å². The molecular formula is C4H11NaO3. The second-order valence-electron chi connectivity index (χ2n) is 1.06. The van der Waals surface area contributed by atoms with Crippen molar-refractivity contribution < 1.29 is 45.9 Å². The van der Waals surface area contributed by atoms with Crippen LogP contribution >= 0.6 is 0 Å². The Morgan fingerprint density at radius 3 is 1.75 bits per heavy atom. The molecule has 0 aromatic heterocycles. The van der Waals surface area contributed by atoms with Gasteiger partial charge in [-0.05, 0) is 0 Å². The molecule has 0 bridgehead atoms. The van der Waals surface area contributed by atoms with E-state index in [4.69, 9.17) is 10.2 Å². The van der Waals surface area contributed by atoms with E-state index in [1.54, 1.807) is 0 Å². The van der Waals surface area contributed by atoms with Crippen LogP contribution in [0.5, 0.6) is 0 Å². The summed E-state index contributed by atoms with van der Waals surface area (Å²) in [6, 6.07) is 0. The van der Waals surface area contributed by atoms with Crippen LogP contribution in [0, 0.1) is 0 Å². The smallest absolute Gasteiger partial charge is 1.00 e. The Bertz CT molecular complexity index is 35.0. The van der Waals surface area contributed by atoms with E-state index >= 15 is 0 Å².